The number of hydrogen-bond donors (Lipinski definition) is 1. The van der Waals surface area contributed by atoms with Crippen LogP contribution in [-0.2, 0) is 6.42 Å². The van der Waals surface area contributed by atoms with Gasteiger partial charge in [0.1, 0.15) is 5.75 Å². The quantitative estimate of drug-likeness (QED) is 0.756. The molecule has 1 nitrogen and oxygen atoms in total. The van der Waals surface area contributed by atoms with Gasteiger partial charge in [-0.25, -0.2) is 0 Å². The van der Waals surface area contributed by atoms with Crippen LogP contribution in [-0.4, -0.2) is 10.5 Å². The van der Waals surface area contributed by atoms with Crippen LogP contribution in [0, 0.1) is 5.92 Å². The molecule has 1 aliphatic carbocycles. The lowest BCUT2D eigenvalue weighted by Gasteiger charge is -2.07. The van der Waals surface area contributed by atoms with E-state index in [0.717, 1.165) is 18.8 Å². The topological polar surface area (TPSA) is 20.2 Å². The third-order valence-electron chi connectivity index (χ3n) is 2.78. The van der Waals surface area contributed by atoms with E-state index < -0.39 is 0 Å². The van der Waals surface area contributed by atoms with Gasteiger partial charge in [-0.2, -0.15) is 0 Å². The number of rotatable bonds is 4. The first-order valence-electron chi connectivity index (χ1n) is 5.17. The highest BCUT2D eigenvalue weighted by Crippen LogP contribution is 2.37. The van der Waals surface area contributed by atoms with Gasteiger partial charge in [0.2, 0.25) is 0 Å². The van der Waals surface area contributed by atoms with Gasteiger partial charge in [-0.05, 0) is 49.3 Å². The van der Waals surface area contributed by atoms with Crippen LogP contribution in [0.2, 0.25) is 0 Å². The number of aromatic hydroxyl groups is 1. The maximum atomic E-state index is 9.11. The van der Waals surface area contributed by atoms with Crippen LogP contribution in [0.15, 0.2) is 24.3 Å². The minimum Gasteiger partial charge on any atom is -0.508 e. The van der Waals surface area contributed by atoms with Gasteiger partial charge in [0.25, 0.3) is 0 Å². The molecule has 2 heteroatoms. The molecule has 0 aromatic heterocycles. The van der Waals surface area contributed by atoms with E-state index in [1.165, 1.54) is 18.4 Å². The molecule has 2 rings (SSSR count). The number of hydrogen-bond acceptors (Lipinski definition) is 1. The summed E-state index contributed by atoms with van der Waals surface area (Å²) >= 11 is 6.21. The van der Waals surface area contributed by atoms with Gasteiger partial charge in [0, 0.05) is 5.38 Å². The van der Waals surface area contributed by atoms with Gasteiger partial charge in [0.15, 0.2) is 0 Å². The Morgan fingerprint density at radius 1 is 1.29 bits per heavy atom. The molecule has 0 radical (unpaired) electrons. The summed E-state index contributed by atoms with van der Waals surface area (Å²) in [6.45, 7) is 0. The SMILES string of the molecule is Oc1ccc(CCC(Cl)C2CC2)cc1. The number of aryl methyl sites for hydroxylation is 1. The Morgan fingerprint density at radius 2 is 1.93 bits per heavy atom. The van der Waals surface area contributed by atoms with Gasteiger partial charge in [-0.15, -0.1) is 11.6 Å². The minimum absolute atomic E-state index is 0.332. The highest BCUT2D eigenvalue weighted by Gasteiger charge is 2.28. The molecule has 0 saturated heterocycles. The molecule has 0 spiro atoms. The largest absolute Gasteiger partial charge is 0.508 e. The van der Waals surface area contributed by atoms with Crippen LogP contribution < -0.4 is 0 Å². The molecule has 1 unspecified atom stereocenters. The van der Waals surface area contributed by atoms with Gasteiger partial charge in [-0.1, -0.05) is 12.1 Å². The van der Waals surface area contributed by atoms with Gasteiger partial charge < -0.3 is 5.11 Å². The van der Waals surface area contributed by atoms with E-state index in [4.69, 9.17) is 16.7 Å². The lowest BCUT2D eigenvalue weighted by atomic mass is 10.1. The van der Waals surface area contributed by atoms with Gasteiger partial charge in [-0.3, -0.25) is 0 Å². The summed E-state index contributed by atoms with van der Waals surface area (Å²) in [5.41, 5.74) is 1.26. The van der Waals surface area contributed by atoms with Crippen molar-refractivity contribution < 1.29 is 5.11 Å². The summed E-state index contributed by atoms with van der Waals surface area (Å²) in [4.78, 5) is 0. The zero-order valence-electron chi connectivity index (χ0n) is 8.12. The van der Waals surface area contributed by atoms with Crippen molar-refractivity contribution in [2.75, 3.05) is 0 Å². The van der Waals surface area contributed by atoms with Crippen LogP contribution in [0.25, 0.3) is 0 Å². The highest BCUT2D eigenvalue weighted by molar-refractivity contribution is 6.20. The van der Waals surface area contributed by atoms with Crippen molar-refractivity contribution in [2.24, 2.45) is 5.92 Å². The number of halogens is 1. The van der Waals surface area contributed by atoms with Gasteiger partial charge >= 0.3 is 0 Å². The average Bonchev–Trinajstić information content (AvgIpc) is 3.00. The molecule has 0 bridgehead atoms. The van der Waals surface area contributed by atoms with Crippen molar-refractivity contribution >= 4 is 11.6 Å². The molecule has 0 aliphatic heterocycles. The first kappa shape index (κ1) is 9.85. The summed E-state index contributed by atoms with van der Waals surface area (Å²) < 4.78 is 0. The van der Waals surface area contributed by atoms with Crippen molar-refractivity contribution in [3.05, 3.63) is 29.8 Å². The monoisotopic (exact) mass is 210 g/mol. The zero-order valence-corrected chi connectivity index (χ0v) is 8.87. The van der Waals surface area contributed by atoms with Crippen molar-refractivity contribution in [1.29, 1.82) is 0 Å². The molecule has 76 valence electrons. The normalized spacial score (nSPS) is 18.1. The molecular formula is C12H15ClO. The van der Waals surface area contributed by atoms with Crippen molar-refractivity contribution in [3.63, 3.8) is 0 Å². The van der Waals surface area contributed by atoms with Crippen molar-refractivity contribution in [2.45, 2.75) is 31.1 Å². The summed E-state index contributed by atoms with van der Waals surface area (Å²) in [6, 6.07) is 7.39. The van der Waals surface area contributed by atoms with Crippen LogP contribution in [0.4, 0.5) is 0 Å². The smallest absolute Gasteiger partial charge is 0.115 e. The van der Waals surface area contributed by atoms with Gasteiger partial charge in [0.05, 0.1) is 0 Å². The fourth-order valence-electron chi connectivity index (χ4n) is 1.66. The second kappa shape index (κ2) is 4.22. The third-order valence-corrected chi connectivity index (χ3v) is 3.35. The van der Waals surface area contributed by atoms with E-state index in [2.05, 4.69) is 0 Å². The molecule has 1 aromatic rings. The standard InChI is InChI=1S/C12H15ClO/c13-12(10-4-5-10)8-3-9-1-6-11(14)7-2-9/h1-2,6-7,10,12,14H,3-5,8H2. The molecule has 1 N–H and O–H groups in total. The number of alkyl halides is 1. The van der Waals surface area contributed by atoms with E-state index >= 15 is 0 Å². The van der Waals surface area contributed by atoms with E-state index in [1.54, 1.807) is 12.1 Å². The van der Waals surface area contributed by atoms with E-state index in [0.29, 0.717) is 11.1 Å². The van der Waals surface area contributed by atoms with Crippen LogP contribution >= 0.6 is 11.6 Å². The minimum atomic E-state index is 0.332. The van der Waals surface area contributed by atoms with E-state index in [1.807, 2.05) is 12.1 Å². The van der Waals surface area contributed by atoms with Crippen LogP contribution in [0.3, 0.4) is 0 Å². The molecule has 1 saturated carbocycles. The van der Waals surface area contributed by atoms with E-state index in [9.17, 15) is 0 Å². The Hall–Kier alpha value is -0.690. The maximum absolute atomic E-state index is 9.11. The van der Waals surface area contributed by atoms with E-state index in [-0.39, 0.29) is 0 Å². The molecule has 0 amide bonds. The Labute approximate surface area is 89.7 Å². The molecule has 1 aromatic carbocycles. The molecule has 1 atom stereocenters. The summed E-state index contributed by atoms with van der Waals surface area (Å²) in [7, 11) is 0. The lowest BCUT2D eigenvalue weighted by molar-refractivity contribution is 0.475. The summed E-state index contributed by atoms with van der Waals surface area (Å²) in [5.74, 6) is 1.10. The van der Waals surface area contributed by atoms with Crippen LogP contribution in [0.1, 0.15) is 24.8 Å². The Balaban J connectivity index is 1.82. The lowest BCUT2D eigenvalue weighted by Crippen LogP contribution is -2.02. The van der Waals surface area contributed by atoms with Crippen molar-refractivity contribution in [3.8, 4) is 5.75 Å². The second-order valence-corrected chi connectivity index (χ2v) is 4.62. The summed E-state index contributed by atoms with van der Waals surface area (Å²) in [6.07, 6.45) is 4.69. The number of phenolic OH excluding ortho intramolecular Hbond substituents is 1. The van der Waals surface area contributed by atoms with Crippen molar-refractivity contribution in [1.82, 2.24) is 0 Å². The second-order valence-electron chi connectivity index (χ2n) is 4.06. The maximum Gasteiger partial charge on any atom is 0.115 e. The zero-order chi connectivity index (χ0) is 9.97. The fourth-order valence-corrected chi connectivity index (χ4v) is 2.02. The first-order valence-corrected chi connectivity index (χ1v) is 5.61. The third kappa shape index (κ3) is 2.65. The Bertz CT molecular complexity index is 290. The molecule has 0 heterocycles. The predicted molar refractivity (Wildman–Crippen MR) is 58.8 cm³/mol. The molecule has 1 fully saturated rings. The molecular weight excluding hydrogens is 196 g/mol. The molecule has 14 heavy (non-hydrogen) atoms. The average molecular weight is 211 g/mol. The Morgan fingerprint density at radius 3 is 2.50 bits per heavy atom. The first-order chi connectivity index (χ1) is 6.75. The number of benzene rings is 1. The molecule has 1 aliphatic rings. The Kier molecular flexibility index (Phi) is 2.97. The highest BCUT2D eigenvalue weighted by atomic mass is 35.5. The number of phenols is 1. The summed E-state index contributed by atoms with van der Waals surface area (Å²) in [5, 5.41) is 9.46. The predicted octanol–water partition coefficient (Wildman–Crippen LogP) is 3.34. The van der Waals surface area contributed by atoms with Crippen LogP contribution in [0.5, 0.6) is 5.75 Å². The fraction of sp³-hybridized carbons (Fsp3) is 0.500.